The molecule has 0 unspecified atom stereocenters. The molecule has 0 saturated heterocycles. The van der Waals surface area contributed by atoms with Crippen molar-refractivity contribution in [1.29, 1.82) is 0 Å². The van der Waals surface area contributed by atoms with E-state index in [4.69, 9.17) is 4.74 Å². The highest BCUT2D eigenvalue weighted by atomic mass is 32.1. The fraction of sp³-hybridized carbons (Fsp3) is 0.0667. The van der Waals surface area contributed by atoms with Gasteiger partial charge in [0, 0.05) is 4.88 Å². The maximum atomic E-state index is 5.36. The molecule has 0 aliphatic rings. The summed E-state index contributed by atoms with van der Waals surface area (Å²) in [6.45, 7) is 3.77. The van der Waals surface area contributed by atoms with Crippen molar-refractivity contribution in [3.8, 4) is 16.5 Å². The Morgan fingerprint density at radius 2 is 1.84 bits per heavy atom. The van der Waals surface area contributed by atoms with E-state index in [1.54, 1.807) is 18.4 Å². The predicted octanol–water partition coefficient (Wildman–Crippen LogP) is 4.01. The van der Waals surface area contributed by atoms with Gasteiger partial charge < -0.3 is 4.74 Å². The Kier molecular flexibility index (Phi) is 3.01. The minimum atomic E-state index is 0.552. The molecule has 0 amide bonds. The summed E-state index contributed by atoms with van der Waals surface area (Å²) in [6, 6.07) is 11.8. The van der Waals surface area contributed by atoms with Crippen LogP contribution in [0.2, 0.25) is 0 Å². The predicted molar refractivity (Wildman–Crippen MR) is 79.5 cm³/mol. The molecule has 3 rings (SSSR count). The van der Waals surface area contributed by atoms with Crippen LogP contribution < -0.4 is 4.74 Å². The number of hydrogen-bond donors (Lipinski definition) is 0. The van der Waals surface area contributed by atoms with Crippen molar-refractivity contribution in [2.45, 2.75) is 0 Å². The van der Waals surface area contributed by atoms with Crippen LogP contribution in [0.4, 0.5) is 0 Å². The van der Waals surface area contributed by atoms with Crippen LogP contribution in [-0.2, 0) is 0 Å². The zero-order valence-electron chi connectivity index (χ0n) is 10.5. The molecule has 0 atom stereocenters. The first kappa shape index (κ1) is 11.9. The zero-order valence-corrected chi connectivity index (χ0v) is 11.3. The largest absolute Gasteiger partial charge is 0.479 e. The molecular formula is C15H12N2OS. The quantitative estimate of drug-likeness (QED) is 0.720. The number of hydrogen-bond acceptors (Lipinski definition) is 4. The van der Waals surface area contributed by atoms with Gasteiger partial charge >= 0.3 is 0 Å². The van der Waals surface area contributed by atoms with Crippen molar-refractivity contribution in [3.63, 3.8) is 0 Å². The van der Waals surface area contributed by atoms with Crippen LogP contribution in [0.3, 0.4) is 0 Å². The van der Waals surface area contributed by atoms with Gasteiger partial charge in [0.25, 0.3) is 0 Å². The van der Waals surface area contributed by atoms with Crippen molar-refractivity contribution < 1.29 is 4.74 Å². The number of rotatable bonds is 3. The van der Waals surface area contributed by atoms with Crippen LogP contribution in [0.1, 0.15) is 4.88 Å². The summed E-state index contributed by atoms with van der Waals surface area (Å²) >= 11 is 1.62. The molecule has 0 aliphatic heterocycles. The molecule has 0 radical (unpaired) electrons. The minimum Gasteiger partial charge on any atom is -0.479 e. The number of thiophene rings is 1. The van der Waals surface area contributed by atoms with Crippen LogP contribution in [0.15, 0.2) is 43.0 Å². The van der Waals surface area contributed by atoms with Crippen LogP contribution in [-0.4, -0.2) is 17.1 Å². The second-order valence-corrected chi connectivity index (χ2v) is 5.09. The van der Waals surface area contributed by atoms with E-state index in [1.165, 1.54) is 0 Å². The number of aromatic nitrogens is 2. The van der Waals surface area contributed by atoms with Crippen LogP contribution in [0, 0.1) is 0 Å². The van der Waals surface area contributed by atoms with Gasteiger partial charge in [-0.25, -0.2) is 9.97 Å². The molecule has 2 aromatic heterocycles. The molecule has 0 saturated carbocycles. The van der Waals surface area contributed by atoms with E-state index in [0.29, 0.717) is 5.88 Å². The van der Waals surface area contributed by atoms with Gasteiger partial charge in [0.2, 0.25) is 5.88 Å². The molecule has 3 nitrogen and oxygen atoms in total. The van der Waals surface area contributed by atoms with E-state index < -0.39 is 0 Å². The summed E-state index contributed by atoms with van der Waals surface area (Å²) in [4.78, 5) is 11.3. The van der Waals surface area contributed by atoms with Crippen molar-refractivity contribution in [1.82, 2.24) is 9.97 Å². The first-order valence-electron chi connectivity index (χ1n) is 5.85. The van der Waals surface area contributed by atoms with Gasteiger partial charge in [-0.15, -0.1) is 11.3 Å². The molecule has 0 aliphatic carbocycles. The minimum absolute atomic E-state index is 0.552. The monoisotopic (exact) mass is 268 g/mol. The van der Waals surface area contributed by atoms with Crippen LogP contribution in [0.5, 0.6) is 5.88 Å². The molecule has 0 bridgehead atoms. The Hall–Kier alpha value is -2.20. The summed E-state index contributed by atoms with van der Waals surface area (Å²) in [5, 5.41) is 0. The van der Waals surface area contributed by atoms with Gasteiger partial charge in [0.05, 0.1) is 23.0 Å². The molecular weight excluding hydrogens is 256 g/mol. The first-order chi connectivity index (χ1) is 9.31. The molecule has 0 N–H and O–H groups in total. The third-order valence-electron chi connectivity index (χ3n) is 2.79. The van der Waals surface area contributed by atoms with E-state index in [2.05, 4.69) is 16.5 Å². The zero-order chi connectivity index (χ0) is 13.2. The lowest BCUT2D eigenvalue weighted by atomic mass is 10.2. The van der Waals surface area contributed by atoms with Crippen molar-refractivity contribution in [3.05, 3.63) is 47.9 Å². The van der Waals surface area contributed by atoms with Gasteiger partial charge in [-0.2, -0.15) is 0 Å². The molecule has 94 valence electrons. The number of ether oxygens (including phenoxy) is 1. The van der Waals surface area contributed by atoms with Crippen LogP contribution >= 0.6 is 11.3 Å². The summed E-state index contributed by atoms with van der Waals surface area (Å²) < 4.78 is 5.36. The molecule has 1 aromatic carbocycles. The third-order valence-corrected chi connectivity index (χ3v) is 3.88. The number of benzene rings is 1. The number of nitrogens with zero attached hydrogens (tertiary/aromatic N) is 2. The highest BCUT2D eigenvalue weighted by molar-refractivity contribution is 7.16. The van der Waals surface area contributed by atoms with Crippen molar-refractivity contribution in [2.24, 2.45) is 0 Å². The van der Waals surface area contributed by atoms with E-state index in [0.717, 1.165) is 26.5 Å². The Morgan fingerprint density at radius 3 is 2.47 bits per heavy atom. The van der Waals surface area contributed by atoms with Crippen molar-refractivity contribution in [2.75, 3.05) is 7.11 Å². The molecule has 0 spiro atoms. The Morgan fingerprint density at radius 1 is 1.11 bits per heavy atom. The number of methoxy groups -OCH3 is 1. The fourth-order valence-corrected chi connectivity index (χ4v) is 2.72. The maximum Gasteiger partial charge on any atom is 0.241 e. The highest BCUT2D eigenvalue weighted by Crippen LogP contribution is 2.33. The topological polar surface area (TPSA) is 35.0 Å². The summed E-state index contributed by atoms with van der Waals surface area (Å²) in [6.07, 6.45) is 1.83. The smallest absolute Gasteiger partial charge is 0.241 e. The van der Waals surface area contributed by atoms with Gasteiger partial charge in [0.15, 0.2) is 0 Å². The van der Waals surface area contributed by atoms with Crippen LogP contribution in [0.25, 0.3) is 27.7 Å². The molecule has 19 heavy (non-hydrogen) atoms. The van der Waals surface area contributed by atoms with Crippen molar-refractivity contribution >= 4 is 28.4 Å². The fourth-order valence-electron chi connectivity index (χ4n) is 1.88. The third kappa shape index (κ3) is 2.11. The molecule has 4 heteroatoms. The summed E-state index contributed by atoms with van der Waals surface area (Å²) in [7, 11) is 1.62. The lowest BCUT2D eigenvalue weighted by Crippen LogP contribution is -1.95. The lowest BCUT2D eigenvalue weighted by molar-refractivity contribution is 0.400. The Bertz CT molecular complexity index is 749. The first-order valence-corrected chi connectivity index (χ1v) is 6.67. The van der Waals surface area contributed by atoms with Gasteiger partial charge in [-0.05, 0) is 24.3 Å². The summed E-state index contributed by atoms with van der Waals surface area (Å²) in [5.41, 5.74) is 2.48. The SMILES string of the molecule is C=Cc1ccc(-c2nc3ccccc3nc2OC)s1. The van der Waals surface area contributed by atoms with Gasteiger partial charge in [-0.3, -0.25) is 0 Å². The van der Waals surface area contributed by atoms with Gasteiger partial charge in [-0.1, -0.05) is 24.8 Å². The lowest BCUT2D eigenvalue weighted by Gasteiger charge is -2.06. The average molecular weight is 268 g/mol. The normalized spacial score (nSPS) is 10.6. The van der Waals surface area contributed by atoms with E-state index in [1.807, 2.05) is 42.5 Å². The molecule has 0 fully saturated rings. The Balaban J connectivity index is 2.23. The second kappa shape index (κ2) is 4.82. The standard InChI is InChI=1S/C15H12N2OS/c1-3-10-8-9-13(19-10)14-15(18-2)17-12-7-5-4-6-11(12)16-14/h3-9H,1H2,2H3. The highest BCUT2D eigenvalue weighted by Gasteiger charge is 2.13. The van der Waals surface area contributed by atoms with Gasteiger partial charge in [0.1, 0.15) is 5.69 Å². The number of fused-ring (bicyclic) bond motifs is 1. The Labute approximate surface area is 115 Å². The van der Waals surface area contributed by atoms with E-state index in [9.17, 15) is 0 Å². The second-order valence-electron chi connectivity index (χ2n) is 3.98. The molecule has 3 aromatic rings. The maximum absolute atomic E-state index is 5.36. The number of para-hydroxylation sites is 2. The van der Waals surface area contributed by atoms with E-state index >= 15 is 0 Å². The summed E-state index contributed by atoms with van der Waals surface area (Å²) in [5.74, 6) is 0.552. The molecule has 2 heterocycles. The average Bonchev–Trinajstić information content (AvgIpc) is 2.94. The van der Waals surface area contributed by atoms with E-state index in [-0.39, 0.29) is 0 Å².